The standard InChI is InChI=1S/C24H29ClFN5O4/c1-24(2,3)20(32)8-6-15-12-31-21(22(33)29(4)35-15)16-13-30(10-9-19(16)28-31)23(34)27-14-5-7-18(26)17(25)11-14/h5,7,11,15H,6,8-10,12-13H2,1-4H3,(H,27,34). The molecule has 1 unspecified atom stereocenters. The molecule has 0 bridgehead atoms. The Hall–Kier alpha value is -2.98. The summed E-state index contributed by atoms with van der Waals surface area (Å²) < 4.78 is 15.1. The van der Waals surface area contributed by atoms with Crippen molar-refractivity contribution in [3.05, 3.63) is 46.0 Å². The molecule has 4 rings (SSSR count). The van der Waals surface area contributed by atoms with Gasteiger partial charge in [-0.3, -0.25) is 19.1 Å². The molecular formula is C24H29ClFN5O4. The van der Waals surface area contributed by atoms with Crippen LogP contribution in [-0.2, 0) is 29.1 Å². The molecule has 0 saturated heterocycles. The highest BCUT2D eigenvalue weighted by Gasteiger charge is 2.36. The molecule has 3 amide bonds. The van der Waals surface area contributed by atoms with Crippen LogP contribution < -0.4 is 5.32 Å². The number of carbonyl (C=O) groups excluding carboxylic acids is 3. The Morgan fingerprint density at radius 1 is 1.31 bits per heavy atom. The maximum atomic E-state index is 13.4. The minimum Gasteiger partial charge on any atom is -0.320 e. The number of rotatable bonds is 4. The van der Waals surface area contributed by atoms with Crippen molar-refractivity contribution in [1.82, 2.24) is 19.7 Å². The summed E-state index contributed by atoms with van der Waals surface area (Å²) in [5, 5.41) is 8.47. The SMILES string of the molecule is CN1OC(CCC(=O)C(C)(C)C)Cn2nc3c(c2C1=O)CN(C(=O)Nc1ccc(F)c(Cl)c1)CC3. The van der Waals surface area contributed by atoms with E-state index in [0.29, 0.717) is 49.3 Å². The van der Waals surface area contributed by atoms with Crippen LogP contribution >= 0.6 is 11.6 Å². The van der Waals surface area contributed by atoms with Gasteiger partial charge in [-0.1, -0.05) is 32.4 Å². The fourth-order valence-electron chi connectivity index (χ4n) is 4.21. The van der Waals surface area contributed by atoms with Crippen molar-refractivity contribution in [1.29, 1.82) is 0 Å². The van der Waals surface area contributed by atoms with Crippen LogP contribution in [0.1, 0.15) is 55.4 Å². The Bertz CT molecular complexity index is 1180. The van der Waals surface area contributed by atoms with E-state index in [1.807, 2.05) is 20.8 Å². The summed E-state index contributed by atoms with van der Waals surface area (Å²) in [5.74, 6) is -0.792. The van der Waals surface area contributed by atoms with Crippen molar-refractivity contribution >= 4 is 35.0 Å². The number of Topliss-reactive ketones (excluding diaryl/α,β-unsaturated/α-hetero) is 1. The van der Waals surface area contributed by atoms with Crippen LogP contribution in [0.4, 0.5) is 14.9 Å². The number of carbonyl (C=O) groups is 3. The van der Waals surface area contributed by atoms with Crippen LogP contribution in [0.15, 0.2) is 18.2 Å². The first kappa shape index (κ1) is 25.1. The Morgan fingerprint density at radius 2 is 2.06 bits per heavy atom. The fourth-order valence-corrected chi connectivity index (χ4v) is 4.39. The van der Waals surface area contributed by atoms with E-state index in [2.05, 4.69) is 10.4 Å². The van der Waals surface area contributed by atoms with Crippen LogP contribution in [0.2, 0.25) is 5.02 Å². The Kier molecular flexibility index (Phi) is 6.88. The highest BCUT2D eigenvalue weighted by molar-refractivity contribution is 6.31. The lowest BCUT2D eigenvalue weighted by atomic mass is 9.87. The first-order valence-electron chi connectivity index (χ1n) is 11.5. The van der Waals surface area contributed by atoms with Gasteiger partial charge < -0.3 is 10.2 Å². The normalized spacial score (nSPS) is 18.1. The summed E-state index contributed by atoms with van der Waals surface area (Å²) >= 11 is 5.81. The topological polar surface area (TPSA) is 96.8 Å². The average Bonchev–Trinajstić information content (AvgIpc) is 3.09. The molecule has 2 aliphatic heterocycles. The van der Waals surface area contributed by atoms with Crippen LogP contribution in [0.25, 0.3) is 0 Å². The molecule has 0 spiro atoms. The second kappa shape index (κ2) is 9.58. The smallest absolute Gasteiger partial charge is 0.320 e. The number of nitrogens with one attached hydrogen (secondary N) is 1. The van der Waals surface area contributed by atoms with E-state index >= 15 is 0 Å². The molecule has 3 heterocycles. The zero-order valence-electron chi connectivity index (χ0n) is 20.2. The first-order chi connectivity index (χ1) is 16.4. The van der Waals surface area contributed by atoms with Crippen molar-refractivity contribution in [2.24, 2.45) is 5.41 Å². The molecule has 1 aromatic heterocycles. The third-order valence-electron chi connectivity index (χ3n) is 6.26. The van der Waals surface area contributed by atoms with Crippen LogP contribution in [0.3, 0.4) is 0 Å². The summed E-state index contributed by atoms with van der Waals surface area (Å²) in [4.78, 5) is 45.8. The first-order valence-corrected chi connectivity index (χ1v) is 11.9. The van der Waals surface area contributed by atoms with E-state index in [0.717, 1.165) is 5.69 Å². The molecule has 0 fully saturated rings. The maximum Gasteiger partial charge on any atom is 0.322 e. The molecule has 188 valence electrons. The molecule has 9 nitrogen and oxygen atoms in total. The van der Waals surface area contributed by atoms with E-state index in [1.165, 1.54) is 23.3 Å². The van der Waals surface area contributed by atoms with Gasteiger partial charge in [0.15, 0.2) is 0 Å². The molecule has 1 aromatic carbocycles. The van der Waals surface area contributed by atoms with Gasteiger partial charge in [0.25, 0.3) is 5.91 Å². The van der Waals surface area contributed by atoms with Crippen LogP contribution in [0, 0.1) is 11.2 Å². The van der Waals surface area contributed by atoms with Crippen molar-refractivity contribution in [2.45, 2.75) is 59.2 Å². The van der Waals surface area contributed by atoms with E-state index in [-0.39, 0.29) is 35.4 Å². The molecule has 1 atom stereocenters. The quantitative estimate of drug-likeness (QED) is 0.676. The van der Waals surface area contributed by atoms with Crippen molar-refractivity contribution in [2.75, 3.05) is 18.9 Å². The summed E-state index contributed by atoms with van der Waals surface area (Å²) in [6.45, 7) is 6.57. The van der Waals surface area contributed by atoms with Gasteiger partial charge in [0.2, 0.25) is 0 Å². The van der Waals surface area contributed by atoms with Gasteiger partial charge in [-0.05, 0) is 24.6 Å². The number of hydrogen-bond acceptors (Lipinski definition) is 5. The fraction of sp³-hybridized carbons (Fsp3) is 0.500. The van der Waals surface area contributed by atoms with Gasteiger partial charge in [-0.15, -0.1) is 0 Å². The average molecular weight is 506 g/mol. The zero-order chi connectivity index (χ0) is 25.5. The minimum atomic E-state index is -0.569. The predicted octanol–water partition coefficient (Wildman–Crippen LogP) is 4.05. The van der Waals surface area contributed by atoms with E-state index in [4.69, 9.17) is 16.4 Å². The van der Waals surface area contributed by atoms with Gasteiger partial charge >= 0.3 is 6.03 Å². The Morgan fingerprint density at radius 3 is 2.74 bits per heavy atom. The Labute approximate surface area is 208 Å². The highest BCUT2D eigenvalue weighted by Crippen LogP contribution is 2.28. The van der Waals surface area contributed by atoms with Gasteiger partial charge in [0.1, 0.15) is 23.4 Å². The van der Waals surface area contributed by atoms with Gasteiger partial charge in [0, 0.05) is 43.1 Å². The molecule has 0 saturated carbocycles. The Balaban J connectivity index is 1.50. The molecule has 2 aromatic rings. The molecule has 0 aliphatic carbocycles. The lowest BCUT2D eigenvalue weighted by Crippen LogP contribution is -2.39. The number of halogens is 2. The third kappa shape index (κ3) is 5.33. The summed E-state index contributed by atoms with van der Waals surface area (Å²) in [6, 6.07) is 3.57. The lowest BCUT2D eigenvalue weighted by molar-refractivity contribution is -0.153. The largest absolute Gasteiger partial charge is 0.322 e. The molecular weight excluding hydrogens is 477 g/mol. The third-order valence-corrected chi connectivity index (χ3v) is 6.55. The number of hydrogen-bond donors (Lipinski definition) is 1. The van der Waals surface area contributed by atoms with Crippen molar-refractivity contribution in [3.8, 4) is 0 Å². The number of aromatic nitrogens is 2. The number of urea groups is 1. The molecule has 2 aliphatic rings. The number of benzene rings is 1. The van der Waals surface area contributed by atoms with Crippen molar-refractivity contribution in [3.63, 3.8) is 0 Å². The predicted molar refractivity (Wildman–Crippen MR) is 127 cm³/mol. The number of amides is 3. The van der Waals surface area contributed by atoms with Crippen LogP contribution in [-0.4, -0.2) is 57.2 Å². The second-order valence-corrected chi connectivity index (χ2v) is 10.3. The summed E-state index contributed by atoms with van der Waals surface area (Å²) in [7, 11) is 1.54. The zero-order valence-corrected chi connectivity index (χ0v) is 21.0. The van der Waals surface area contributed by atoms with E-state index in [1.54, 1.807) is 16.6 Å². The number of ketones is 1. The highest BCUT2D eigenvalue weighted by atomic mass is 35.5. The monoisotopic (exact) mass is 505 g/mol. The maximum absolute atomic E-state index is 13.4. The molecule has 0 radical (unpaired) electrons. The molecule has 11 heteroatoms. The van der Waals surface area contributed by atoms with Crippen LogP contribution in [0.5, 0.6) is 0 Å². The molecule has 1 N–H and O–H groups in total. The van der Waals surface area contributed by atoms with Gasteiger partial charge in [0.05, 0.1) is 23.8 Å². The molecule has 35 heavy (non-hydrogen) atoms. The van der Waals surface area contributed by atoms with Crippen molar-refractivity contribution < 1.29 is 23.6 Å². The lowest BCUT2D eigenvalue weighted by Gasteiger charge is -2.27. The minimum absolute atomic E-state index is 0.0851. The number of anilines is 1. The van der Waals surface area contributed by atoms with E-state index in [9.17, 15) is 18.8 Å². The summed E-state index contributed by atoms with van der Waals surface area (Å²) in [6.07, 6.45) is 0.902. The van der Waals surface area contributed by atoms with Gasteiger partial charge in [-0.25, -0.2) is 14.2 Å². The number of hydroxylamine groups is 2. The number of fused-ring (bicyclic) bond motifs is 3. The number of nitrogens with zero attached hydrogens (tertiary/aromatic N) is 4. The second-order valence-electron chi connectivity index (χ2n) is 9.93. The van der Waals surface area contributed by atoms with E-state index < -0.39 is 11.2 Å². The van der Waals surface area contributed by atoms with Gasteiger partial charge in [-0.2, -0.15) is 5.10 Å². The summed E-state index contributed by atoms with van der Waals surface area (Å²) in [5.41, 5.74) is 1.76.